The lowest BCUT2D eigenvalue weighted by molar-refractivity contribution is -0.139. The highest BCUT2D eigenvalue weighted by Crippen LogP contribution is 2.22. The van der Waals surface area contributed by atoms with Crippen molar-refractivity contribution in [2.24, 2.45) is 11.7 Å². The van der Waals surface area contributed by atoms with E-state index in [2.05, 4.69) is 20.8 Å². The molecule has 1 saturated heterocycles. The van der Waals surface area contributed by atoms with E-state index in [0.29, 0.717) is 25.3 Å². The Morgan fingerprint density at radius 1 is 1.18 bits per heavy atom. The fourth-order valence-corrected chi connectivity index (χ4v) is 3.22. The smallest absolute Gasteiger partial charge is 0.223 e. The highest BCUT2D eigenvalue weighted by Gasteiger charge is 2.29. The zero-order chi connectivity index (χ0) is 16.5. The predicted molar refractivity (Wildman–Crippen MR) is 89.3 cm³/mol. The number of nitrogens with zero attached hydrogens (tertiary/aromatic N) is 2. The number of rotatable bonds is 8. The number of likely N-dealkylation sites (tertiary alicyclic amines) is 1. The molecule has 1 aliphatic rings. The van der Waals surface area contributed by atoms with Gasteiger partial charge in [-0.1, -0.05) is 20.8 Å². The molecule has 0 saturated carbocycles. The molecule has 5 nitrogen and oxygen atoms in total. The highest BCUT2D eigenvalue weighted by atomic mass is 16.2. The maximum absolute atomic E-state index is 12.4. The molecule has 0 radical (unpaired) electrons. The molecule has 1 rings (SSSR count). The Morgan fingerprint density at radius 3 is 2.36 bits per heavy atom. The van der Waals surface area contributed by atoms with Crippen molar-refractivity contribution in [1.82, 2.24) is 9.80 Å². The first-order valence-corrected chi connectivity index (χ1v) is 8.80. The van der Waals surface area contributed by atoms with Gasteiger partial charge >= 0.3 is 0 Å². The summed E-state index contributed by atoms with van der Waals surface area (Å²) in [5.74, 6) is 0.819. The molecule has 0 aromatic heterocycles. The summed E-state index contributed by atoms with van der Waals surface area (Å²) in [6.45, 7) is 9.22. The largest absolute Gasteiger partial charge is 0.343 e. The molecule has 2 unspecified atom stereocenters. The molecule has 2 N–H and O–H groups in total. The van der Waals surface area contributed by atoms with Crippen LogP contribution in [0.4, 0.5) is 0 Å². The van der Waals surface area contributed by atoms with Crippen molar-refractivity contribution in [3.8, 4) is 0 Å². The molecular weight excluding hydrogens is 278 g/mol. The first-order valence-electron chi connectivity index (χ1n) is 8.80. The maximum Gasteiger partial charge on any atom is 0.223 e. The summed E-state index contributed by atoms with van der Waals surface area (Å²) in [6, 6.07) is 0.147. The Kier molecular flexibility index (Phi) is 8.46. The lowest BCUT2D eigenvalue weighted by Gasteiger charge is -2.38. The zero-order valence-corrected chi connectivity index (χ0v) is 14.5. The Balaban J connectivity index is 2.48. The van der Waals surface area contributed by atoms with Crippen LogP contribution < -0.4 is 5.73 Å². The van der Waals surface area contributed by atoms with Crippen LogP contribution in [0.25, 0.3) is 0 Å². The quantitative estimate of drug-likeness (QED) is 0.745. The van der Waals surface area contributed by atoms with Crippen LogP contribution in [0.3, 0.4) is 0 Å². The van der Waals surface area contributed by atoms with E-state index in [0.717, 1.165) is 45.3 Å². The average Bonchev–Trinajstić information content (AvgIpc) is 2.51. The van der Waals surface area contributed by atoms with E-state index in [1.54, 1.807) is 0 Å². The molecule has 0 aromatic rings. The van der Waals surface area contributed by atoms with E-state index in [-0.39, 0.29) is 17.9 Å². The van der Waals surface area contributed by atoms with Gasteiger partial charge in [0, 0.05) is 45.1 Å². The van der Waals surface area contributed by atoms with Crippen molar-refractivity contribution in [2.45, 2.75) is 65.3 Å². The van der Waals surface area contributed by atoms with Crippen molar-refractivity contribution in [3.63, 3.8) is 0 Å². The minimum absolute atomic E-state index is 0.0867. The molecule has 128 valence electrons. The second kappa shape index (κ2) is 9.82. The number of piperidine rings is 1. The molecule has 1 aliphatic heterocycles. The topological polar surface area (TPSA) is 66.6 Å². The normalized spacial score (nSPS) is 21.7. The van der Waals surface area contributed by atoms with Crippen LogP contribution in [-0.4, -0.2) is 53.8 Å². The van der Waals surface area contributed by atoms with Crippen LogP contribution in [0.2, 0.25) is 0 Å². The summed E-state index contributed by atoms with van der Waals surface area (Å²) >= 11 is 0. The minimum Gasteiger partial charge on any atom is -0.343 e. The van der Waals surface area contributed by atoms with Gasteiger partial charge in [-0.15, -0.1) is 0 Å². The Labute approximate surface area is 135 Å². The van der Waals surface area contributed by atoms with Gasteiger partial charge in [-0.3, -0.25) is 9.59 Å². The number of amides is 2. The molecule has 0 bridgehead atoms. The number of nitrogens with two attached hydrogens (primary N) is 1. The summed E-state index contributed by atoms with van der Waals surface area (Å²) in [5.41, 5.74) is 5.81. The fraction of sp³-hybridized carbons (Fsp3) is 0.882. The number of carbonyl (C=O) groups is 2. The average molecular weight is 311 g/mol. The summed E-state index contributed by atoms with van der Waals surface area (Å²) in [4.78, 5) is 28.4. The molecule has 0 aromatic carbocycles. The van der Waals surface area contributed by atoms with E-state index in [1.165, 1.54) is 0 Å². The molecule has 2 amide bonds. The minimum atomic E-state index is 0.0867. The van der Waals surface area contributed by atoms with E-state index in [1.807, 2.05) is 9.80 Å². The molecule has 2 atom stereocenters. The Bertz CT molecular complexity index is 354. The first-order chi connectivity index (χ1) is 10.5. The van der Waals surface area contributed by atoms with Crippen molar-refractivity contribution in [1.29, 1.82) is 0 Å². The number of hydrogen-bond acceptors (Lipinski definition) is 3. The number of hydrogen-bond donors (Lipinski definition) is 1. The van der Waals surface area contributed by atoms with Crippen LogP contribution >= 0.6 is 0 Å². The summed E-state index contributed by atoms with van der Waals surface area (Å²) < 4.78 is 0. The molecular formula is C17H33N3O2. The van der Waals surface area contributed by atoms with Crippen molar-refractivity contribution in [2.75, 3.05) is 26.2 Å². The molecule has 1 fully saturated rings. The van der Waals surface area contributed by atoms with E-state index in [4.69, 9.17) is 5.73 Å². The summed E-state index contributed by atoms with van der Waals surface area (Å²) in [7, 11) is 0. The van der Waals surface area contributed by atoms with Gasteiger partial charge in [-0.25, -0.2) is 0 Å². The van der Waals surface area contributed by atoms with Crippen LogP contribution in [0.1, 0.15) is 59.3 Å². The molecule has 0 aliphatic carbocycles. The predicted octanol–water partition coefficient (Wildman–Crippen LogP) is 2.00. The second-order valence-electron chi connectivity index (χ2n) is 6.49. The lowest BCUT2D eigenvalue weighted by Crippen LogP contribution is -2.49. The lowest BCUT2D eigenvalue weighted by atomic mass is 9.92. The SMILES string of the molecule is CCCN(CCC)C(=O)CCC(=O)N1CCC(C)CC1CN. The molecule has 22 heavy (non-hydrogen) atoms. The second-order valence-corrected chi connectivity index (χ2v) is 6.49. The first kappa shape index (κ1) is 18.9. The molecule has 1 heterocycles. The van der Waals surface area contributed by atoms with Gasteiger partial charge in [-0.2, -0.15) is 0 Å². The molecule has 5 heteroatoms. The Morgan fingerprint density at radius 2 is 1.82 bits per heavy atom. The van der Waals surface area contributed by atoms with Crippen LogP contribution in [0.5, 0.6) is 0 Å². The third-order valence-electron chi connectivity index (χ3n) is 4.46. The Hall–Kier alpha value is -1.10. The van der Waals surface area contributed by atoms with Crippen LogP contribution in [-0.2, 0) is 9.59 Å². The van der Waals surface area contributed by atoms with Gasteiger partial charge in [0.05, 0.1) is 0 Å². The van der Waals surface area contributed by atoms with E-state index in [9.17, 15) is 9.59 Å². The van der Waals surface area contributed by atoms with Gasteiger partial charge in [0.15, 0.2) is 0 Å². The summed E-state index contributed by atoms with van der Waals surface area (Å²) in [5, 5.41) is 0. The van der Waals surface area contributed by atoms with E-state index < -0.39 is 0 Å². The van der Waals surface area contributed by atoms with Gasteiger partial charge in [0.1, 0.15) is 0 Å². The third kappa shape index (κ3) is 5.59. The van der Waals surface area contributed by atoms with Gasteiger partial charge < -0.3 is 15.5 Å². The zero-order valence-electron chi connectivity index (χ0n) is 14.5. The van der Waals surface area contributed by atoms with Crippen molar-refractivity contribution in [3.05, 3.63) is 0 Å². The summed E-state index contributed by atoms with van der Waals surface area (Å²) in [6.07, 6.45) is 4.57. The monoisotopic (exact) mass is 311 g/mol. The molecule has 0 spiro atoms. The van der Waals surface area contributed by atoms with Crippen molar-refractivity contribution >= 4 is 11.8 Å². The highest BCUT2D eigenvalue weighted by molar-refractivity contribution is 5.84. The van der Waals surface area contributed by atoms with Gasteiger partial charge in [0.25, 0.3) is 0 Å². The van der Waals surface area contributed by atoms with Gasteiger partial charge in [-0.05, 0) is 31.6 Å². The maximum atomic E-state index is 12.4. The van der Waals surface area contributed by atoms with E-state index >= 15 is 0 Å². The van der Waals surface area contributed by atoms with Crippen molar-refractivity contribution < 1.29 is 9.59 Å². The van der Waals surface area contributed by atoms with Gasteiger partial charge in [0.2, 0.25) is 11.8 Å². The standard InChI is InChI=1S/C17H33N3O2/c1-4-9-19(10-5-2)16(21)6-7-17(22)20-11-8-14(3)12-15(20)13-18/h14-15H,4-13,18H2,1-3H3. The van der Waals surface area contributed by atoms with Crippen LogP contribution in [0.15, 0.2) is 0 Å². The fourth-order valence-electron chi connectivity index (χ4n) is 3.22. The number of carbonyl (C=O) groups excluding carboxylic acids is 2. The third-order valence-corrected chi connectivity index (χ3v) is 4.46. The van der Waals surface area contributed by atoms with Crippen LogP contribution in [0, 0.1) is 5.92 Å².